The molecular formula is C25H23F4N9O3. The van der Waals surface area contributed by atoms with Crippen LogP contribution >= 0.6 is 0 Å². The first kappa shape index (κ1) is 28.7. The van der Waals surface area contributed by atoms with Gasteiger partial charge in [-0.05, 0) is 43.7 Å². The molecule has 4 rings (SSSR count). The smallest absolute Gasteiger partial charge is 0.416 e. The van der Waals surface area contributed by atoms with Gasteiger partial charge in [0.1, 0.15) is 11.5 Å². The van der Waals surface area contributed by atoms with E-state index in [1.807, 2.05) is 0 Å². The normalized spacial score (nSPS) is 12.8. The first-order valence-electron chi connectivity index (χ1n) is 11.9. The van der Waals surface area contributed by atoms with Crippen molar-refractivity contribution in [2.24, 2.45) is 5.73 Å². The van der Waals surface area contributed by atoms with E-state index >= 15 is 4.39 Å². The summed E-state index contributed by atoms with van der Waals surface area (Å²) in [6.07, 6.45) is -1.64. The number of hydrogen-bond donors (Lipinski definition) is 5. The zero-order valence-electron chi connectivity index (χ0n) is 21.4. The van der Waals surface area contributed by atoms with Gasteiger partial charge in [0, 0.05) is 0 Å². The number of rotatable bonds is 9. The molecule has 2 atom stereocenters. The average Bonchev–Trinajstić information content (AvgIpc) is 3.43. The molecule has 2 amide bonds. The number of hydrogen-bond acceptors (Lipinski definition) is 8. The van der Waals surface area contributed by atoms with Crippen LogP contribution in [0.2, 0.25) is 0 Å². The van der Waals surface area contributed by atoms with E-state index in [9.17, 15) is 27.9 Å². The van der Waals surface area contributed by atoms with Crippen molar-refractivity contribution in [2.45, 2.75) is 32.1 Å². The van der Waals surface area contributed by atoms with Crippen LogP contribution in [0.15, 0.2) is 55.0 Å². The Balaban J connectivity index is 1.72. The van der Waals surface area contributed by atoms with Gasteiger partial charge in [-0.15, -0.1) is 4.80 Å². The van der Waals surface area contributed by atoms with Crippen LogP contribution in [0, 0.1) is 12.7 Å². The van der Waals surface area contributed by atoms with E-state index in [1.165, 1.54) is 30.3 Å². The van der Waals surface area contributed by atoms with Gasteiger partial charge in [-0.1, -0.05) is 12.1 Å². The summed E-state index contributed by atoms with van der Waals surface area (Å²) in [7, 11) is 0. The van der Waals surface area contributed by atoms with Crippen LogP contribution in [-0.2, 0) is 6.18 Å². The van der Waals surface area contributed by atoms with Gasteiger partial charge in [-0.3, -0.25) is 9.78 Å². The number of aryl methyl sites for hydroxylation is 1. The number of pyridine rings is 2. The Kier molecular flexibility index (Phi) is 8.02. The Labute approximate surface area is 229 Å². The van der Waals surface area contributed by atoms with E-state index in [0.717, 1.165) is 30.3 Å². The van der Waals surface area contributed by atoms with E-state index < -0.39 is 47.5 Å². The molecule has 3 heterocycles. The van der Waals surface area contributed by atoms with Crippen LogP contribution in [0.1, 0.15) is 40.1 Å². The van der Waals surface area contributed by atoms with Crippen molar-refractivity contribution in [2.75, 3.05) is 10.6 Å². The molecule has 12 nitrogen and oxygen atoms in total. The SMILES string of the molecule is Cc1ncc(Nc2nc(N[C@@H](c3ccc(C(F)(F)F)cc3)[C@H](C)NC(=O)O)c(F)cc2C(N)=O)cc1-n1nccn1. The molecule has 0 bridgehead atoms. The molecule has 0 spiro atoms. The van der Waals surface area contributed by atoms with Gasteiger partial charge < -0.3 is 26.8 Å². The van der Waals surface area contributed by atoms with Crippen molar-refractivity contribution in [1.29, 1.82) is 0 Å². The molecule has 0 saturated heterocycles. The van der Waals surface area contributed by atoms with E-state index in [0.29, 0.717) is 17.1 Å². The van der Waals surface area contributed by atoms with Crippen LogP contribution in [0.5, 0.6) is 0 Å². The summed E-state index contributed by atoms with van der Waals surface area (Å²) in [5.41, 5.74) is 5.81. The number of nitrogens with zero attached hydrogens (tertiary/aromatic N) is 5. The van der Waals surface area contributed by atoms with Crippen LogP contribution < -0.4 is 21.7 Å². The highest BCUT2D eigenvalue weighted by Crippen LogP contribution is 2.32. The third kappa shape index (κ3) is 6.66. The van der Waals surface area contributed by atoms with E-state index in [2.05, 4.69) is 36.1 Å². The molecule has 6 N–H and O–H groups in total. The molecule has 214 valence electrons. The maximum absolute atomic E-state index is 15.2. The predicted octanol–water partition coefficient (Wildman–Crippen LogP) is 4.18. The summed E-state index contributed by atoms with van der Waals surface area (Å²) in [5.74, 6) is -2.63. The Morgan fingerprint density at radius 1 is 1.07 bits per heavy atom. The monoisotopic (exact) mass is 573 g/mol. The van der Waals surface area contributed by atoms with Gasteiger partial charge in [0.25, 0.3) is 5.91 Å². The summed E-state index contributed by atoms with van der Waals surface area (Å²) in [6.45, 7) is 3.16. The summed E-state index contributed by atoms with van der Waals surface area (Å²) < 4.78 is 54.4. The van der Waals surface area contributed by atoms with Gasteiger partial charge in [-0.2, -0.15) is 23.4 Å². The quantitative estimate of drug-likeness (QED) is 0.184. The topological polar surface area (TPSA) is 173 Å². The minimum absolute atomic E-state index is 0.170. The predicted molar refractivity (Wildman–Crippen MR) is 138 cm³/mol. The van der Waals surface area contributed by atoms with Gasteiger partial charge >= 0.3 is 12.3 Å². The fourth-order valence-electron chi connectivity index (χ4n) is 3.94. The van der Waals surface area contributed by atoms with E-state index in [-0.39, 0.29) is 16.9 Å². The molecule has 4 aromatic rings. The number of carboxylic acid groups (broad SMARTS) is 1. The Hall–Kier alpha value is -5.28. The number of nitrogens with one attached hydrogen (secondary N) is 3. The third-order valence-corrected chi connectivity index (χ3v) is 5.94. The van der Waals surface area contributed by atoms with Crippen molar-refractivity contribution in [3.8, 4) is 5.69 Å². The largest absolute Gasteiger partial charge is 0.465 e. The van der Waals surface area contributed by atoms with E-state index in [1.54, 1.807) is 13.0 Å². The first-order chi connectivity index (χ1) is 19.3. The second kappa shape index (κ2) is 11.4. The minimum Gasteiger partial charge on any atom is -0.465 e. The highest BCUT2D eigenvalue weighted by molar-refractivity contribution is 5.98. The van der Waals surface area contributed by atoms with Crippen molar-refractivity contribution >= 4 is 29.3 Å². The number of halogens is 4. The molecule has 0 unspecified atom stereocenters. The molecule has 0 fully saturated rings. The Bertz CT molecular complexity index is 1560. The lowest BCUT2D eigenvalue weighted by molar-refractivity contribution is -0.137. The lowest BCUT2D eigenvalue weighted by Gasteiger charge is -2.27. The van der Waals surface area contributed by atoms with Crippen molar-refractivity contribution in [3.63, 3.8) is 0 Å². The van der Waals surface area contributed by atoms with Crippen molar-refractivity contribution in [3.05, 3.63) is 83.2 Å². The number of carbonyl (C=O) groups is 2. The summed E-state index contributed by atoms with van der Waals surface area (Å²) in [6, 6.07) is 4.30. The molecular weight excluding hydrogens is 550 g/mol. The average molecular weight is 574 g/mol. The number of primary amides is 1. The van der Waals surface area contributed by atoms with Crippen molar-refractivity contribution < 1.29 is 32.3 Å². The fourth-order valence-corrected chi connectivity index (χ4v) is 3.94. The van der Waals surface area contributed by atoms with Gasteiger partial charge in [0.05, 0.1) is 53.2 Å². The van der Waals surface area contributed by atoms with Crippen LogP contribution in [0.3, 0.4) is 0 Å². The van der Waals surface area contributed by atoms with E-state index in [4.69, 9.17) is 5.73 Å². The third-order valence-electron chi connectivity index (χ3n) is 5.94. The first-order valence-corrected chi connectivity index (χ1v) is 11.9. The molecule has 16 heteroatoms. The van der Waals surface area contributed by atoms with Gasteiger partial charge in [0.15, 0.2) is 11.6 Å². The number of carbonyl (C=O) groups excluding carboxylic acids is 1. The molecule has 0 aliphatic rings. The molecule has 0 aliphatic carbocycles. The zero-order valence-corrected chi connectivity index (χ0v) is 21.4. The van der Waals surface area contributed by atoms with Crippen LogP contribution in [0.4, 0.5) is 39.7 Å². The van der Waals surface area contributed by atoms with Gasteiger partial charge in [0.2, 0.25) is 0 Å². The maximum atomic E-state index is 15.2. The highest BCUT2D eigenvalue weighted by Gasteiger charge is 2.31. The molecule has 0 radical (unpaired) electrons. The highest BCUT2D eigenvalue weighted by atomic mass is 19.4. The number of aromatic nitrogens is 5. The lowest BCUT2D eigenvalue weighted by atomic mass is 9.98. The fraction of sp³-hybridized carbons (Fsp3) is 0.200. The maximum Gasteiger partial charge on any atom is 0.416 e. The number of alkyl halides is 3. The molecule has 0 saturated carbocycles. The molecule has 0 aliphatic heterocycles. The molecule has 3 aromatic heterocycles. The molecule has 1 aromatic carbocycles. The van der Waals surface area contributed by atoms with Crippen molar-refractivity contribution in [1.82, 2.24) is 30.3 Å². The number of nitrogens with two attached hydrogens (primary N) is 1. The minimum atomic E-state index is -4.59. The number of benzene rings is 1. The number of amides is 2. The zero-order chi connectivity index (χ0) is 29.9. The molecule has 41 heavy (non-hydrogen) atoms. The lowest BCUT2D eigenvalue weighted by Crippen LogP contribution is -2.39. The van der Waals surface area contributed by atoms with Crippen LogP contribution in [-0.4, -0.2) is 48.1 Å². The number of anilines is 3. The summed E-state index contributed by atoms with van der Waals surface area (Å²) in [4.78, 5) is 33.2. The standard InChI is InChI=1S/C25H23F4N9O3/c1-12-19(38-32-7-8-33-38)9-16(11-31-12)35-22-17(21(30)39)10-18(26)23(37-22)36-20(13(2)34-24(40)41)14-3-5-15(6-4-14)25(27,28)29/h3-11,13,20,34H,1-2H3,(H2,30,39)(H,40,41)(H2,35,36,37)/t13-,20+/m0/s1. The van der Waals surface area contributed by atoms with Gasteiger partial charge in [-0.25, -0.2) is 14.2 Å². The second-order valence-electron chi connectivity index (χ2n) is 8.83. The summed E-state index contributed by atoms with van der Waals surface area (Å²) in [5, 5.41) is 25.1. The second-order valence-corrected chi connectivity index (χ2v) is 8.83. The van der Waals surface area contributed by atoms with Crippen LogP contribution in [0.25, 0.3) is 5.69 Å². The Morgan fingerprint density at radius 3 is 2.32 bits per heavy atom. The summed E-state index contributed by atoms with van der Waals surface area (Å²) >= 11 is 0. The Morgan fingerprint density at radius 2 is 1.73 bits per heavy atom.